The third-order valence-corrected chi connectivity index (χ3v) is 3.71. The third kappa shape index (κ3) is 4.03. The summed E-state index contributed by atoms with van der Waals surface area (Å²) in [5.74, 6) is 1.69. The van der Waals surface area contributed by atoms with Gasteiger partial charge in [0, 0.05) is 6.04 Å². The fourth-order valence-electron chi connectivity index (χ4n) is 2.44. The van der Waals surface area contributed by atoms with E-state index in [9.17, 15) is 4.79 Å². The van der Waals surface area contributed by atoms with Crippen LogP contribution in [-0.4, -0.2) is 20.7 Å². The highest BCUT2D eigenvalue weighted by Crippen LogP contribution is 2.25. The monoisotopic (exact) mass is 336 g/mol. The van der Waals surface area contributed by atoms with Crippen LogP contribution in [0.4, 0.5) is 0 Å². The van der Waals surface area contributed by atoms with Gasteiger partial charge in [0.15, 0.2) is 5.82 Å². The molecule has 0 saturated heterocycles. The summed E-state index contributed by atoms with van der Waals surface area (Å²) in [6.45, 7) is 4.38. The van der Waals surface area contributed by atoms with E-state index in [4.69, 9.17) is 4.74 Å². The van der Waals surface area contributed by atoms with E-state index in [0.29, 0.717) is 29.4 Å². The first kappa shape index (κ1) is 16.7. The van der Waals surface area contributed by atoms with Gasteiger partial charge in [-0.25, -0.2) is 0 Å². The van der Waals surface area contributed by atoms with Gasteiger partial charge in [-0.1, -0.05) is 30.3 Å². The first-order chi connectivity index (χ1) is 12.1. The van der Waals surface area contributed by atoms with Crippen molar-refractivity contribution in [2.45, 2.75) is 26.4 Å². The minimum absolute atomic E-state index is 0.218. The standard InChI is InChI=1S/C19H20N4O2/c1-14(2)23-13-21-22-18(23)12-20-19(24)16-10-6-7-11-17(16)25-15-8-4-3-5-9-15/h3-11,13-14H,12H2,1-2H3,(H,20,24). The highest BCUT2D eigenvalue weighted by Gasteiger charge is 2.14. The molecule has 1 aromatic heterocycles. The predicted octanol–water partition coefficient (Wildman–Crippen LogP) is 3.58. The number of amides is 1. The van der Waals surface area contributed by atoms with Crippen LogP contribution in [0.3, 0.4) is 0 Å². The van der Waals surface area contributed by atoms with Gasteiger partial charge in [0.05, 0.1) is 12.1 Å². The zero-order valence-electron chi connectivity index (χ0n) is 14.2. The van der Waals surface area contributed by atoms with Gasteiger partial charge < -0.3 is 14.6 Å². The molecule has 3 rings (SSSR count). The van der Waals surface area contributed by atoms with Crippen LogP contribution in [0, 0.1) is 0 Å². The van der Waals surface area contributed by atoms with Crippen molar-refractivity contribution in [1.82, 2.24) is 20.1 Å². The number of ether oxygens (including phenoxy) is 1. The number of aromatic nitrogens is 3. The molecule has 0 aliphatic rings. The van der Waals surface area contributed by atoms with E-state index >= 15 is 0 Å². The second kappa shape index (κ2) is 7.61. The SMILES string of the molecule is CC(C)n1cnnc1CNC(=O)c1ccccc1Oc1ccccc1. The number of nitrogens with zero attached hydrogens (tertiary/aromatic N) is 3. The zero-order chi connectivity index (χ0) is 17.6. The molecule has 0 fully saturated rings. The molecule has 1 heterocycles. The maximum Gasteiger partial charge on any atom is 0.255 e. The fraction of sp³-hybridized carbons (Fsp3) is 0.211. The predicted molar refractivity (Wildman–Crippen MR) is 94.5 cm³/mol. The lowest BCUT2D eigenvalue weighted by molar-refractivity contribution is 0.0947. The van der Waals surface area contributed by atoms with E-state index in [1.807, 2.05) is 60.9 Å². The molecule has 25 heavy (non-hydrogen) atoms. The fourth-order valence-corrected chi connectivity index (χ4v) is 2.44. The van der Waals surface area contributed by atoms with Crippen molar-refractivity contribution in [3.8, 4) is 11.5 Å². The summed E-state index contributed by atoms with van der Waals surface area (Å²) in [5, 5.41) is 10.8. The van der Waals surface area contributed by atoms with Crippen LogP contribution in [0.2, 0.25) is 0 Å². The Labute approximate surface area is 146 Å². The van der Waals surface area contributed by atoms with E-state index < -0.39 is 0 Å². The van der Waals surface area contributed by atoms with E-state index in [-0.39, 0.29) is 11.9 Å². The molecule has 1 N–H and O–H groups in total. The van der Waals surface area contributed by atoms with Crippen LogP contribution in [0.15, 0.2) is 60.9 Å². The summed E-state index contributed by atoms with van der Waals surface area (Å²) in [6, 6.07) is 16.8. The van der Waals surface area contributed by atoms with E-state index in [0.717, 1.165) is 0 Å². The van der Waals surface area contributed by atoms with Crippen molar-refractivity contribution in [2.24, 2.45) is 0 Å². The molecule has 0 radical (unpaired) electrons. The lowest BCUT2D eigenvalue weighted by Crippen LogP contribution is -2.25. The number of carbonyl (C=O) groups is 1. The van der Waals surface area contributed by atoms with Crippen LogP contribution >= 0.6 is 0 Å². The summed E-state index contributed by atoms with van der Waals surface area (Å²) >= 11 is 0. The quantitative estimate of drug-likeness (QED) is 0.747. The van der Waals surface area contributed by atoms with Gasteiger partial charge in [0.25, 0.3) is 5.91 Å². The first-order valence-corrected chi connectivity index (χ1v) is 8.13. The maximum atomic E-state index is 12.6. The van der Waals surface area contributed by atoms with Crippen molar-refractivity contribution in [3.63, 3.8) is 0 Å². The van der Waals surface area contributed by atoms with Gasteiger partial charge in [-0.15, -0.1) is 10.2 Å². The van der Waals surface area contributed by atoms with Gasteiger partial charge in [0.2, 0.25) is 0 Å². The highest BCUT2D eigenvalue weighted by atomic mass is 16.5. The summed E-state index contributed by atoms with van der Waals surface area (Å²) in [5.41, 5.74) is 0.474. The molecule has 0 saturated carbocycles. The number of carbonyl (C=O) groups excluding carboxylic acids is 1. The van der Waals surface area contributed by atoms with Crippen molar-refractivity contribution >= 4 is 5.91 Å². The van der Waals surface area contributed by atoms with Gasteiger partial charge in [-0.2, -0.15) is 0 Å². The molecule has 0 bridgehead atoms. The smallest absolute Gasteiger partial charge is 0.255 e. The van der Waals surface area contributed by atoms with Gasteiger partial charge in [-0.05, 0) is 38.1 Å². The number of hydrogen-bond acceptors (Lipinski definition) is 4. The van der Waals surface area contributed by atoms with Crippen LogP contribution in [0.1, 0.15) is 36.1 Å². The summed E-state index contributed by atoms with van der Waals surface area (Å²) in [4.78, 5) is 12.6. The minimum Gasteiger partial charge on any atom is -0.457 e. The molecule has 128 valence electrons. The molecule has 0 atom stereocenters. The molecule has 1 amide bonds. The summed E-state index contributed by atoms with van der Waals surface area (Å²) < 4.78 is 7.76. The van der Waals surface area contributed by atoms with Gasteiger partial charge in [-0.3, -0.25) is 4.79 Å². The van der Waals surface area contributed by atoms with Crippen LogP contribution < -0.4 is 10.1 Å². The van der Waals surface area contributed by atoms with Gasteiger partial charge >= 0.3 is 0 Å². The minimum atomic E-state index is -0.218. The topological polar surface area (TPSA) is 69.0 Å². The number of nitrogens with one attached hydrogen (secondary N) is 1. The second-order valence-corrected chi connectivity index (χ2v) is 5.84. The molecular weight excluding hydrogens is 316 g/mol. The zero-order valence-corrected chi connectivity index (χ0v) is 14.2. The van der Waals surface area contributed by atoms with Crippen molar-refractivity contribution in [2.75, 3.05) is 0 Å². The average molecular weight is 336 g/mol. The summed E-state index contributed by atoms with van der Waals surface area (Å²) in [7, 11) is 0. The number of hydrogen-bond donors (Lipinski definition) is 1. The Morgan fingerprint density at radius 3 is 2.60 bits per heavy atom. The van der Waals surface area contributed by atoms with Crippen LogP contribution in [0.5, 0.6) is 11.5 Å². The molecule has 3 aromatic rings. The lowest BCUT2D eigenvalue weighted by atomic mass is 10.2. The van der Waals surface area contributed by atoms with Crippen molar-refractivity contribution < 1.29 is 9.53 Å². The molecule has 6 nitrogen and oxygen atoms in total. The Morgan fingerprint density at radius 2 is 1.84 bits per heavy atom. The van der Waals surface area contributed by atoms with Gasteiger partial charge in [0.1, 0.15) is 17.8 Å². The number of rotatable bonds is 6. The van der Waals surface area contributed by atoms with Crippen LogP contribution in [0.25, 0.3) is 0 Å². The first-order valence-electron chi connectivity index (χ1n) is 8.13. The largest absolute Gasteiger partial charge is 0.457 e. The Morgan fingerprint density at radius 1 is 1.12 bits per heavy atom. The van der Waals surface area contributed by atoms with E-state index in [1.54, 1.807) is 18.5 Å². The molecule has 2 aromatic carbocycles. The van der Waals surface area contributed by atoms with Crippen LogP contribution in [-0.2, 0) is 6.54 Å². The Kier molecular flexibility index (Phi) is 5.09. The Hall–Kier alpha value is -3.15. The molecule has 6 heteroatoms. The maximum absolute atomic E-state index is 12.6. The van der Waals surface area contributed by atoms with E-state index in [1.165, 1.54) is 0 Å². The second-order valence-electron chi connectivity index (χ2n) is 5.84. The molecule has 0 aliphatic heterocycles. The molecule has 0 aliphatic carbocycles. The Bertz CT molecular complexity index is 843. The lowest BCUT2D eigenvalue weighted by Gasteiger charge is -2.13. The van der Waals surface area contributed by atoms with E-state index in [2.05, 4.69) is 15.5 Å². The molecule has 0 unspecified atom stereocenters. The molecule has 0 spiro atoms. The molecular formula is C19H20N4O2. The number of benzene rings is 2. The normalized spacial score (nSPS) is 10.7. The highest BCUT2D eigenvalue weighted by molar-refractivity contribution is 5.96. The van der Waals surface area contributed by atoms with Crippen molar-refractivity contribution in [3.05, 3.63) is 72.3 Å². The third-order valence-electron chi connectivity index (χ3n) is 3.71. The Balaban J connectivity index is 1.73. The van der Waals surface area contributed by atoms with Crippen molar-refractivity contribution in [1.29, 1.82) is 0 Å². The average Bonchev–Trinajstić information content (AvgIpc) is 3.10. The number of para-hydroxylation sites is 2. The summed E-state index contributed by atoms with van der Waals surface area (Å²) in [6.07, 6.45) is 1.67.